The molecule has 2 aromatic heterocycles. The number of aromatic nitrogens is 4. The molecule has 1 aromatic carbocycles. The van der Waals surface area contributed by atoms with Gasteiger partial charge in [0, 0.05) is 18.8 Å². The predicted molar refractivity (Wildman–Crippen MR) is 85.5 cm³/mol. The Morgan fingerprint density at radius 1 is 1.14 bits per heavy atom. The third-order valence-corrected chi connectivity index (χ3v) is 3.86. The maximum atomic E-state index is 4.38. The molecule has 0 N–H and O–H groups in total. The van der Waals surface area contributed by atoms with Gasteiger partial charge in [0.15, 0.2) is 0 Å². The summed E-state index contributed by atoms with van der Waals surface area (Å²) in [6, 6.07) is 14.7. The first-order valence-corrected chi connectivity index (χ1v) is 7.29. The highest BCUT2D eigenvalue weighted by Gasteiger charge is 2.12. The van der Waals surface area contributed by atoms with Gasteiger partial charge in [-0.3, -0.25) is 9.88 Å². The maximum absolute atomic E-state index is 4.38. The van der Waals surface area contributed by atoms with Gasteiger partial charge in [-0.15, -0.1) is 0 Å². The summed E-state index contributed by atoms with van der Waals surface area (Å²) in [4.78, 5) is 10.6. The predicted octanol–water partition coefficient (Wildman–Crippen LogP) is 2.86. The van der Waals surface area contributed by atoms with E-state index in [4.69, 9.17) is 0 Å². The van der Waals surface area contributed by atoms with Crippen molar-refractivity contribution in [2.75, 3.05) is 7.05 Å². The third kappa shape index (κ3) is 3.20. The molecule has 0 saturated carbocycles. The smallest absolute Gasteiger partial charge is 0.138 e. The molecule has 0 aliphatic carbocycles. The highest BCUT2D eigenvalue weighted by atomic mass is 15.3. The van der Waals surface area contributed by atoms with Crippen LogP contribution >= 0.6 is 0 Å². The summed E-state index contributed by atoms with van der Waals surface area (Å²) < 4.78 is 1.76. The molecule has 0 amide bonds. The van der Waals surface area contributed by atoms with Gasteiger partial charge in [-0.2, -0.15) is 5.10 Å². The SMILES string of the molecule is C[C@@H](c1ccc(-n2cncn2)cc1)N(C)Cc1ccccn1. The minimum absolute atomic E-state index is 0.312. The fourth-order valence-electron chi connectivity index (χ4n) is 2.39. The van der Waals surface area contributed by atoms with Gasteiger partial charge < -0.3 is 0 Å². The van der Waals surface area contributed by atoms with Crippen LogP contribution < -0.4 is 0 Å². The summed E-state index contributed by atoms with van der Waals surface area (Å²) in [6.07, 6.45) is 5.07. The van der Waals surface area contributed by atoms with Crippen molar-refractivity contribution in [2.24, 2.45) is 0 Å². The van der Waals surface area contributed by atoms with E-state index in [1.807, 2.05) is 18.3 Å². The molecule has 0 spiro atoms. The van der Waals surface area contributed by atoms with Crippen LogP contribution in [0.1, 0.15) is 24.2 Å². The molecular weight excluding hydrogens is 274 g/mol. The van der Waals surface area contributed by atoms with E-state index < -0.39 is 0 Å². The fraction of sp³-hybridized carbons (Fsp3) is 0.235. The van der Waals surface area contributed by atoms with Crippen LogP contribution in [-0.2, 0) is 6.54 Å². The molecule has 2 heterocycles. The molecule has 0 aliphatic rings. The molecule has 0 unspecified atom stereocenters. The topological polar surface area (TPSA) is 46.8 Å². The van der Waals surface area contributed by atoms with Crippen LogP contribution in [0, 0.1) is 0 Å². The molecule has 22 heavy (non-hydrogen) atoms. The number of hydrogen-bond donors (Lipinski definition) is 0. The van der Waals surface area contributed by atoms with Crippen molar-refractivity contribution in [3.05, 3.63) is 72.6 Å². The van der Waals surface area contributed by atoms with E-state index in [0.29, 0.717) is 6.04 Å². The van der Waals surface area contributed by atoms with Gasteiger partial charge in [-0.1, -0.05) is 18.2 Å². The summed E-state index contributed by atoms with van der Waals surface area (Å²) in [6.45, 7) is 3.03. The summed E-state index contributed by atoms with van der Waals surface area (Å²) >= 11 is 0. The lowest BCUT2D eigenvalue weighted by Crippen LogP contribution is -2.22. The van der Waals surface area contributed by atoms with Crippen LogP contribution in [0.15, 0.2) is 61.3 Å². The third-order valence-electron chi connectivity index (χ3n) is 3.86. The Labute approximate surface area is 130 Å². The van der Waals surface area contributed by atoms with Crippen molar-refractivity contribution in [2.45, 2.75) is 19.5 Å². The van der Waals surface area contributed by atoms with E-state index in [1.54, 1.807) is 11.0 Å². The van der Waals surface area contributed by atoms with Crippen LogP contribution in [0.2, 0.25) is 0 Å². The Morgan fingerprint density at radius 2 is 1.95 bits per heavy atom. The first-order valence-electron chi connectivity index (χ1n) is 7.29. The highest BCUT2D eigenvalue weighted by Crippen LogP contribution is 2.21. The average Bonchev–Trinajstić information content (AvgIpc) is 3.10. The molecule has 3 rings (SSSR count). The van der Waals surface area contributed by atoms with Gasteiger partial charge in [0.1, 0.15) is 12.7 Å². The van der Waals surface area contributed by atoms with Gasteiger partial charge >= 0.3 is 0 Å². The Bertz CT molecular complexity index is 692. The van der Waals surface area contributed by atoms with Crippen molar-refractivity contribution in [3.8, 4) is 5.69 Å². The van der Waals surface area contributed by atoms with Gasteiger partial charge in [0.05, 0.1) is 11.4 Å². The summed E-state index contributed by atoms with van der Waals surface area (Å²) in [5, 5.41) is 4.14. The zero-order valence-corrected chi connectivity index (χ0v) is 12.8. The minimum Gasteiger partial charge on any atom is -0.294 e. The molecule has 1 atom stereocenters. The number of hydrogen-bond acceptors (Lipinski definition) is 4. The second kappa shape index (κ2) is 6.49. The normalized spacial score (nSPS) is 12.5. The Kier molecular flexibility index (Phi) is 4.25. The number of pyridine rings is 1. The fourth-order valence-corrected chi connectivity index (χ4v) is 2.39. The lowest BCUT2D eigenvalue weighted by Gasteiger charge is -2.24. The lowest BCUT2D eigenvalue weighted by atomic mass is 10.1. The van der Waals surface area contributed by atoms with Crippen molar-refractivity contribution < 1.29 is 0 Å². The van der Waals surface area contributed by atoms with Gasteiger partial charge in [-0.25, -0.2) is 9.67 Å². The number of benzene rings is 1. The quantitative estimate of drug-likeness (QED) is 0.725. The van der Waals surface area contributed by atoms with Crippen LogP contribution in [0.4, 0.5) is 0 Å². The van der Waals surface area contributed by atoms with E-state index in [0.717, 1.165) is 17.9 Å². The maximum Gasteiger partial charge on any atom is 0.138 e. The average molecular weight is 293 g/mol. The Morgan fingerprint density at radius 3 is 2.59 bits per heavy atom. The van der Waals surface area contributed by atoms with E-state index >= 15 is 0 Å². The zero-order valence-electron chi connectivity index (χ0n) is 12.8. The van der Waals surface area contributed by atoms with Gasteiger partial charge in [-0.05, 0) is 43.8 Å². The van der Waals surface area contributed by atoms with Crippen molar-refractivity contribution in [1.82, 2.24) is 24.6 Å². The molecule has 0 aliphatic heterocycles. The Hall–Kier alpha value is -2.53. The monoisotopic (exact) mass is 293 g/mol. The van der Waals surface area contributed by atoms with Gasteiger partial charge in [0.2, 0.25) is 0 Å². The van der Waals surface area contributed by atoms with E-state index in [1.165, 1.54) is 11.9 Å². The molecule has 5 heteroatoms. The minimum atomic E-state index is 0.312. The Balaban J connectivity index is 1.70. The standard InChI is InChI=1S/C17H19N5/c1-14(21(2)11-16-5-3-4-10-19-16)15-6-8-17(9-7-15)22-13-18-12-20-22/h3-10,12-14H,11H2,1-2H3/t14-/m0/s1. The van der Waals surface area contributed by atoms with Crippen LogP contribution in [0.3, 0.4) is 0 Å². The largest absolute Gasteiger partial charge is 0.294 e. The zero-order chi connectivity index (χ0) is 15.4. The van der Waals surface area contributed by atoms with Crippen molar-refractivity contribution >= 4 is 0 Å². The number of rotatable bonds is 5. The van der Waals surface area contributed by atoms with E-state index in [2.05, 4.69) is 64.3 Å². The molecule has 0 fully saturated rings. The summed E-state index contributed by atoms with van der Waals surface area (Å²) in [7, 11) is 2.12. The molecule has 0 bridgehead atoms. The van der Waals surface area contributed by atoms with E-state index in [-0.39, 0.29) is 0 Å². The first-order chi connectivity index (χ1) is 10.7. The highest BCUT2D eigenvalue weighted by molar-refractivity contribution is 5.34. The molecule has 0 saturated heterocycles. The number of nitrogens with zero attached hydrogens (tertiary/aromatic N) is 5. The first kappa shape index (κ1) is 14.4. The summed E-state index contributed by atoms with van der Waals surface area (Å²) in [5.41, 5.74) is 3.36. The van der Waals surface area contributed by atoms with Gasteiger partial charge in [0.25, 0.3) is 0 Å². The van der Waals surface area contributed by atoms with E-state index in [9.17, 15) is 0 Å². The second-order valence-electron chi connectivity index (χ2n) is 5.34. The molecule has 0 radical (unpaired) electrons. The summed E-state index contributed by atoms with van der Waals surface area (Å²) in [5.74, 6) is 0. The van der Waals surface area contributed by atoms with Crippen LogP contribution in [0.5, 0.6) is 0 Å². The second-order valence-corrected chi connectivity index (χ2v) is 5.34. The molecule has 3 aromatic rings. The van der Waals surface area contributed by atoms with Crippen molar-refractivity contribution in [1.29, 1.82) is 0 Å². The van der Waals surface area contributed by atoms with Crippen LogP contribution in [-0.4, -0.2) is 31.7 Å². The van der Waals surface area contributed by atoms with Crippen LogP contribution in [0.25, 0.3) is 5.69 Å². The van der Waals surface area contributed by atoms with Crippen molar-refractivity contribution in [3.63, 3.8) is 0 Å². The molecule has 112 valence electrons. The molecular formula is C17H19N5. The molecule has 5 nitrogen and oxygen atoms in total. The lowest BCUT2D eigenvalue weighted by molar-refractivity contribution is 0.250.